The van der Waals surface area contributed by atoms with Crippen LogP contribution in [0.3, 0.4) is 0 Å². The lowest BCUT2D eigenvalue weighted by Crippen LogP contribution is -2.27. The van der Waals surface area contributed by atoms with Gasteiger partial charge in [-0.15, -0.1) is 0 Å². The molecular weight excluding hydrogens is 188 g/mol. The molecule has 0 atom stereocenters. The molecule has 0 aliphatic heterocycles. The van der Waals surface area contributed by atoms with Gasteiger partial charge < -0.3 is 15.0 Å². The third-order valence-electron chi connectivity index (χ3n) is 2.57. The largest absolute Gasteiger partial charge is 0.382 e. The van der Waals surface area contributed by atoms with Gasteiger partial charge in [0.25, 0.3) is 0 Å². The van der Waals surface area contributed by atoms with Gasteiger partial charge in [0.2, 0.25) is 0 Å². The van der Waals surface area contributed by atoms with E-state index < -0.39 is 0 Å². The number of hydrogen-bond acceptors (Lipinski definition) is 3. The maximum absolute atomic E-state index is 5.26. The lowest BCUT2D eigenvalue weighted by molar-refractivity contribution is 0.144. The first kappa shape index (κ1) is 14.9. The molecule has 3 nitrogen and oxygen atoms in total. The van der Waals surface area contributed by atoms with Crippen LogP contribution in [0.25, 0.3) is 0 Å². The second-order valence-electron chi connectivity index (χ2n) is 3.68. The summed E-state index contributed by atoms with van der Waals surface area (Å²) < 4.78 is 5.26. The quantitative estimate of drug-likeness (QED) is 0.532. The molecule has 92 valence electrons. The smallest absolute Gasteiger partial charge is 0.0477 e. The first-order valence-corrected chi connectivity index (χ1v) is 6.35. The van der Waals surface area contributed by atoms with Gasteiger partial charge in [0, 0.05) is 13.2 Å². The topological polar surface area (TPSA) is 24.5 Å². The summed E-state index contributed by atoms with van der Waals surface area (Å²) in [7, 11) is 0. The molecule has 1 N–H and O–H groups in total. The van der Waals surface area contributed by atoms with Crippen LogP contribution in [0.2, 0.25) is 0 Å². The van der Waals surface area contributed by atoms with E-state index in [9.17, 15) is 0 Å². The summed E-state index contributed by atoms with van der Waals surface area (Å²) in [5, 5.41) is 3.44. The molecular formula is C12H28N2O. The van der Waals surface area contributed by atoms with Crippen LogP contribution < -0.4 is 5.32 Å². The molecule has 0 unspecified atom stereocenters. The second-order valence-corrected chi connectivity index (χ2v) is 3.68. The number of ether oxygens (including phenoxy) is 1. The molecule has 0 aromatic carbocycles. The summed E-state index contributed by atoms with van der Waals surface area (Å²) in [6.07, 6.45) is 2.37. The van der Waals surface area contributed by atoms with E-state index in [0.29, 0.717) is 0 Å². The van der Waals surface area contributed by atoms with Gasteiger partial charge in [0.15, 0.2) is 0 Å². The number of hydrogen-bond donors (Lipinski definition) is 1. The van der Waals surface area contributed by atoms with Gasteiger partial charge in [-0.05, 0) is 52.5 Å². The SMILES string of the molecule is CCOCCCNCCCN(CC)CC. The molecule has 0 rings (SSSR count). The molecule has 0 bridgehead atoms. The van der Waals surface area contributed by atoms with Gasteiger partial charge in [0.1, 0.15) is 0 Å². The Kier molecular flexibility index (Phi) is 11.9. The lowest BCUT2D eigenvalue weighted by Gasteiger charge is -2.17. The van der Waals surface area contributed by atoms with Crippen molar-refractivity contribution in [3.05, 3.63) is 0 Å². The van der Waals surface area contributed by atoms with Crippen LogP contribution in [0.15, 0.2) is 0 Å². The first-order chi connectivity index (χ1) is 7.35. The Balaban J connectivity index is 3.04. The minimum atomic E-state index is 0.835. The molecule has 0 heterocycles. The van der Waals surface area contributed by atoms with E-state index in [4.69, 9.17) is 4.74 Å². The molecule has 3 heteroatoms. The number of rotatable bonds is 11. The van der Waals surface area contributed by atoms with Gasteiger partial charge in [-0.3, -0.25) is 0 Å². The fraction of sp³-hybridized carbons (Fsp3) is 1.00. The van der Waals surface area contributed by atoms with Crippen LogP contribution in [-0.2, 0) is 4.74 Å². The van der Waals surface area contributed by atoms with Crippen LogP contribution in [0.5, 0.6) is 0 Å². The monoisotopic (exact) mass is 216 g/mol. The van der Waals surface area contributed by atoms with Gasteiger partial charge in [-0.25, -0.2) is 0 Å². The molecule has 0 fully saturated rings. The van der Waals surface area contributed by atoms with Crippen LogP contribution in [0.1, 0.15) is 33.6 Å². The Labute approximate surface area is 95.2 Å². The van der Waals surface area contributed by atoms with Crippen LogP contribution in [0, 0.1) is 0 Å². The maximum atomic E-state index is 5.26. The number of nitrogens with zero attached hydrogens (tertiary/aromatic N) is 1. The highest BCUT2D eigenvalue weighted by molar-refractivity contribution is 4.54. The third-order valence-corrected chi connectivity index (χ3v) is 2.57. The fourth-order valence-electron chi connectivity index (χ4n) is 1.54. The van der Waals surface area contributed by atoms with E-state index in [0.717, 1.165) is 32.7 Å². The maximum Gasteiger partial charge on any atom is 0.0477 e. The summed E-state index contributed by atoms with van der Waals surface area (Å²) in [5.74, 6) is 0. The van der Waals surface area contributed by atoms with E-state index >= 15 is 0 Å². The summed E-state index contributed by atoms with van der Waals surface area (Å²) in [6.45, 7) is 14.0. The molecule has 0 aromatic rings. The molecule has 0 radical (unpaired) electrons. The molecule has 15 heavy (non-hydrogen) atoms. The van der Waals surface area contributed by atoms with Gasteiger partial charge in [-0.1, -0.05) is 13.8 Å². The summed E-state index contributed by atoms with van der Waals surface area (Å²) >= 11 is 0. The van der Waals surface area contributed by atoms with Crippen molar-refractivity contribution < 1.29 is 4.74 Å². The van der Waals surface area contributed by atoms with Crippen molar-refractivity contribution in [2.24, 2.45) is 0 Å². The highest BCUT2D eigenvalue weighted by Crippen LogP contribution is 1.89. The van der Waals surface area contributed by atoms with E-state index in [1.54, 1.807) is 0 Å². The first-order valence-electron chi connectivity index (χ1n) is 6.35. The molecule has 0 aliphatic carbocycles. The van der Waals surface area contributed by atoms with Gasteiger partial charge >= 0.3 is 0 Å². The van der Waals surface area contributed by atoms with E-state index in [-0.39, 0.29) is 0 Å². The van der Waals surface area contributed by atoms with E-state index in [1.165, 1.54) is 26.1 Å². The molecule has 0 aromatic heterocycles. The second kappa shape index (κ2) is 12.0. The van der Waals surface area contributed by atoms with Gasteiger partial charge in [0.05, 0.1) is 0 Å². The fourth-order valence-corrected chi connectivity index (χ4v) is 1.54. The normalized spacial score (nSPS) is 11.2. The van der Waals surface area contributed by atoms with Crippen molar-refractivity contribution in [2.75, 3.05) is 45.9 Å². The summed E-state index contributed by atoms with van der Waals surface area (Å²) in [5.41, 5.74) is 0. The summed E-state index contributed by atoms with van der Waals surface area (Å²) in [4.78, 5) is 2.46. The predicted molar refractivity (Wildman–Crippen MR) is 66.4 cm³/mol. The van der Waals surface area contributed by atoms with Crippen LogP contribution >= 0.6 is 0 Å². The van der Waals surface area contributed by atoms with Crippen molar-refractivity contribution in [1.82, 2.24) is 10.2 Å². The lowest BCUT2D eigenvalue weighted by atomic mass is 10.3. The number of nitrogens with one attached hydrogen (secondary N) is 1. The zero-order valence-electron chi connectivity index (χ0n) is 10.7. The molecule has 0 amide bonds. The van der Waals surface area contributed by atoms with Gasteiger partial charge in [-0.2, -0.15) is 0 Å². The van der Waals surface area contributed by atoms with Crippen LogP contribution in [0.4, 0.5) is 0 Å². The molecule has 0 saturated carbocycles. The van der Waals surface area contributed by atoms with E-state index in [2.05, 4.69) is 24.1 Å². The Morgan fingerprint density at radius 3 is 2.27 bits per heavy atom. The minimum Gasteiger partial charge on any atom is -0.382 e. The standard InChI is InChI=1S/C12H28N2O/c1-4-14(5-2)11-7-9-13-10-8-12-15-6-3/h13H,4-12H2,1-3H3. The zero-order valence-corrected chi connectivity index (χ0v) is 10.7. The Bertz CT molecular complexity index is 116. The zero-order chi connectivity index (χ0) is 11.4. The van der Waals surface area contributed by atoms with Crippen molar-refractivity contribution in [1.29, 1.82) is 0 Å². The molecule has 0 aliphatic rings. The summed E-state index contributed by atoms with van der Waals surface area (Å²) in [6, 6.07) is 0. The molecule has 0 spiro atoms. The average Bonchev–Trinajstić information content (AvgIpc) is 2.27. The van der Waals surface area contributed by atoms with Crippen molar-refractivity contribution in [2.45, 2.75) is 33.6 Å². The van der Waals surface area contributed by atoms with Crippen LogP contribution in [-0.4, -0.2) is 50.8 Å². The average molecular weight is 216 g/mol. The minimum absolute atomic E-state index is 0.835. The Hall–Kier alpha value is -0.120. The Morgan fingerprint density at radius 2 is 1.67 bits per heavy atom. The van der Waals surface area contributed by atoms with Crippen molar-refractivity contribution >= 4 is 0 Å². The third kappa shape index (κ3) is 10.2. The molecule has 0 saturated heterocycles. The Morgan fingerprint density at radius 1 is 1.00 bits per heavy atom. The highest BCUT2D eigenvalue weighted by atomic mass is 16.5. The van der Waals surface area contributed by atoms with Crippen molar-refractivity contribution in [3.8, 4) is 0 Å². The van der Waals surface area contributed by atoms with Crippen molar-refractivity contribution in [3.63, 3.8) is 0 Å². The predicted octanol–water partition coefficient (Wildman–Crippen LogP) is 1.73. The van der Waals surface area contributed by atoms with E-state index in [1.807, 2.05) is 6.92 Å². The highest BCUT2D eigenvalue weighted by Gasteiger charge is 1.97.